The fourth-order valence-corrected chi connectivity index (χ4v) is 3.47. The molecule has 0 bridgehead atoms. The number of rotatable bonds is 3. The number of hydrogen-bond acceptors (Lipinski definition) is 3. The Balaban J connectivity index is 1.63. The van der Waals surface area contributed by atoms with Gasteiger partial charge in [-0.25, -0.2) is 0 Å². The van der Waals surface area contributed by atoms with E-state index in [9.17, 15) is 4.79 Å². The minimum Gasteiger partial charge on any atom is -0.425 e. The van der Waals surface area contributed by atoms with Gasteiger partial charge in [0.2, 0.25) is 5.91 Å². The van der Waals surface area contributed by atoms with Crippen molar-refractivity contribution in [2.45, 2.75) is 65.4 Å². The van der Waals surface area contributed by atoms with Crippen molar-refractivity contribution in [2.75, 3.05) is 13.1 Å². The lowest BCUT2D eigenvalue weighted by Gasteiger charge is -2.34. The molecule has 1 amide bonds. The van der Waals surface area contributed by atoms with Crippen LogP contribution >= 0.6 is 0 Å². The SMILES string of the molecule is CC1(C)CB(c2cnn(CC(=O)N3CCCCC3)c2)OC1(C)C. The number of amides is 1. The number of carbonyl (C=O) groups excluding carboxylic acids is 1. The first-order valence-corrected chi connectivity index (χ1v) is 8.76. The first-order valence-electron chi connectivity index (χ1n) is 8.76. The van der Waals surface area contributed by atoms with Gasteiger partial charge in [0.15, 0.2) is 0 Å². The summed E-state index contributed by atoms with van der Waals surface area (Å²) < 4.78 is 7.99. The van der Waals surface area contributed by atoms with Gasteiger partial charge in [-0.15, -0.1) is 0 Å². The van der Waals surface area contributed by atoms with E-state index in [1.54, 1.807) is 4.68 Å². The van der Waals surface area contributed by atoms with Crippen LogP contribution in [0, 0.1) is 5.41 Å². The lowest BCUT2D eigenvalue weighted by molar-refractivity contribution is -0.132. The molecule has 0 unspecified atom stereocenters. The lowest BCUT2D eigenvalue weighted by Crippen LogP contribution is -2.38. The van der Waals surface area contributed by atoms with Gasteiger partial charge in [-0.05, 0) is 50.3 Å². The fraction of sp³-hybridized carbons (Fsp3) is 0.765. The second kappa shape index (κ2) is 5.97. The van der Waals surface area contributed by atoms with Gasteiger partial charge in [0.1, 0.15) is 6.54 Å². The van der Waals surface area contributed by atoms with E-state index in [1.165, 1.54) is 6.42 Å². The number of piperidine rings is 1. The third-order valence-corrected chi connectivity index (χ3v) is 5.79. The van der Waals surface area contributed by atoms with Gasteiger partial charge >= 0.3 is 6.92 Å². The number of hydrogen-bond donors (Lipinski definition) is 0. The Hall–Kier alpha value is -1.30. The molecule has 3 rings (SSSR count). The minimum atomic E-state index is -0.149. The molecule has 1 aromatic heterocycles. The van der Waals surface area contributed by atoms with Crippen LogP contribution in [0.15, 0.2) is 12.4 Å². The molecule has 2 saturated heterocycles. The summed E-state index contributed by atoms with van der Waals surface area (Å²) in [5.74, 6) is 0.173. The third kappa shape index (κ3) is 3.32. The zero-order chi connectivity index (χ0) is 16.7. The highest BCUT2D eigenvalue weighted by molar-refractivity contribution is 6.68. The molecule has 0 spiro atoms. The van der Waals surface area contributed by atoms with Crippen LogP contribution < -0.4 is 5.46 Å². The van der Waals surface area contributed by atoms with E-state index in [-0.39, 0.29) is 23.8 Å². The van der Waals surface area contributed by atoms with E-state index in [0.29, 0.717) is 6.54 Å². The first-order chi connectivity index (χ1) is 10.8. The molecule has 0 N–H and O–H groups in total. The minimum absolute atomic E-state index is 0.0684. The monoisotopic (exact) mass is 317 g/mol. The first kappa shape index (κ1) is 16.6. The summed E-state index contributed by atoms with van der Waals surface area (Å²) in [5.41, 5.74) is 1.06. The van der Waals surface area contributed by atoms with Crippen LogP contribution in [0.5, 0.6) is 0 Å². The van der Waals surface area contributed by atoms with Crippen LogP contribution in [-0.2, 0) is 16.0 Å². The van der Waals surface area contributed by atoms with Gasteiger partial charge in [-0.1, -0.05) is 13.8 Å². The maximum atomic E-state index is 12.3. The Bertz CT molecular complexity index is 560. The highest BCUT2D eigenvalue weighted by Gasteiger charge is 2.50. The predicted molar refractivity (Wildman–Crippen MR) is 91.8 cm³/mol. The summed E-state index contributed by atoms with van der Waals surface area (Å²) in [4.78, 5) is 14.3. The van der Waals surface area contributed by atoms with E-state index < -0.39 is 0 Å². The molecule has 0 radical (unpaired) electrons. The van der Waals surface area contributed by atoms with Crippen LogP contribution in [-0.4, -0.2) is 46.2 Å². The molecule has 23 heavy (non-hydrogen) atoms. The Labute approximate surface area is 139 Å². The second-order valence-corrected chi connectivity index (χ2v) is 8.12. The second-order valence-electron chi connectivity index (χ2n) is 8.12. The standard InChI is InChI=1S/C17H28BN3O2/c1-16(2)13-18(23-17(16,3)4)14-10-19-21(11-14)12-15(22)20-8-6-5-7-9-20/h10-11H,5-9,12-13H2,1-4H3. The van der Waals surface area contributed by atoms with Gasteiger partial charge in [0.25, 0.3) is 0 Å². The molecule has 5 nitrogen and oxygen atoms in total. The summed E-state index contributed by atoms with van der Waals surface area (Å²) in [6.45, 7) is 11.0. The molecule has 0 aromatic carbocycles. The molecule has 3 heterocycles. The maximum absolute atomic E-state index is 12.3. The summed E-state index contributed by atoms with van der Waals surface area (Å²) in [6, 6.07) is 0. The Morgan fingerprint density at radius 2 is 1.96 bits per heavy atom. The topological polar surface area (TPSA) is 47.4 Å². The maximum Gasteiger partial charge on any atom is 0.331 e. The lowest BCUT2D eigenvalue weighted by atomic mass is 9.55. The van der Waals surface area contributed by atoms with Gasteiger partial charge in [0, 0.05) is 25.5 Å². The van der Waals surface area contributed by atoms with E-state index in [4.69, 9.17) is 4.65 Å². The predicted octanol–water partition coefficient (Wildman–Crippen LogP) is 1.93. The molecule has 2 aliphatic rings. The molecule has 126 valence electrons. The van der Waals surface area contributed by atoms with Crippen LogP contribution in [0.25, 0.3) is 0 Å². The Kier molecular flexibility index (Phi) is 4.30. The van der Waals surface area contributed by atoms with Crippen molar-refractivity contribution in [3.05, 3.63) is 12.4 Å². The summed E-state index contributed by atoms with van der Waals surface area (Å²) in [5, 5.41) is 4.38. The van der Waals surface area contributed by atoms with Gasteiger partial charge in [-0.3, -0.25) is 9.48 Å². The van der Waals surface area contributed by atoms with Crippen molar-refractivity contribution in [1.29, 1.82) is 0 Å². The highest BCUT2D eigenvalue weighted by Crippen LogP contribution is 2.44. The van der Waals surface area contributed by atoms with Crippen LogP contribution in [0.2, 0.25) is 6.32 Å². The summed E-state index contributed by atoms with van der Waals surface area (Å²) >= 11 is 0. The van der Waals surface area contributed by atoms with Crippen molar-refractivity contribution in [1.82, 2.24) is 14.7 Å². The smallest absolute Gasteiger partial charge is 0.331 e. The number of carbonyl (C=O) groups is 1. The Morgan fingerprint density at radius 1 is 1.26 bits per heavy atom. The van der Waals surface area contributed by atoms with E-state index in [1.807, 2.05) is 17.3 Å². The van der Waals surface area contributed by atoms with Crippen LogP contribution in [0.3, 0.4) is 0 Å². The highest BCUT2D eigenvalue weighted by atomic mass is 16.5. The molecule has 1 aromatic rings. The van der Waals surface area contributed by atoms with E-state index >= 15 is 0 Å². The summed E-state index contributed by atoms with van der Waals surface area (Å²) in [6.07, 6.45) is 8.29. The zero-order valence-electron chi connectivity index (χ0n) is 14.8. The molecule has 2 fully saturated rings. The van der Waals surface area contributed by atoms with Crippen molar-refractivity contribution in [3.63, 3.8) is 0 Å². The van der Waals surface area contributed by atoms with Crippen molar-refractivity contribution in [3.8, 4) is 0 Å². The zero-order valence-corrected chi connectivity index (χ0v) is 14.8. The number of aromatic nitrogens is 2. The number of likely N-dealkylation sites (tertiary alicyclic amines) is 1. The van der Waals surface area contributed by atoms with Crippen molar-refractivity contribution < 1.29 is 9.45 Å². The Morgan fingerprint density at radius 3 is 2.57 bits per heavy atom. The van der Waals surface area contributed by atoms with E-state index in [2.05, 4.69) is 32.8 Å². The van der Waals surface area contributed by atoms with Gasteiger partial charge < -0.3 is 9.55 Å². The van der Waals surface area contributed by atoms with Gasteiger partial charge in [-0.2, -0.15) is 5.10 Å². The summed E-state index contributed by atoms with van der Waals surface area (Å²) in [7, 11) is 0. The van der Waals surface area contributed by atoms with Crippen LogP contribution in [0.1, 0.15) is 47.0 Å². The quantitative estimate of drug-likeness (QED) is 0.800. The molecule has 0 atom stereocenters. The molecular weight excluding hydrogens is 289 g/mol. The third-order valence-electron chi connectivity index (χ3n) is 5.79. The van der Waals surface area contributed by atoms with Crippen molar-refractivity contribution in [2.24, 2.45) is 5.41 Å². The molecular formula is C17H28BN3O2. The molecule has 6 heteroatoms. The largest absolute Gasteiger partial charge is 0.425 e. The van der Waals surface area contributed by atoms with Gasteiger partial charge in [0.05, 0.1) is 5.60 Å². The molecule has 2 aliphatic heterocycles. The average Bonchev–Trinajstić information content (AvgIpc) is 3.03. The van der Waals surface area contributed by atoms with Crippen LogP contribution in [0.4, 0.5) is 0 Å². The fourth-order valence-electron chi connectivity index (χ4n) is 3.47. The average molecular weight is 317 g/mol. The van der Waals surface area contributed by atoms with Crippen molar-refractivity contribution >= 4 is 18.3 Å². The molecule has 0 saturated carbocycles. The number of nitrogens with zero attached hydrogens (tertiary/aromatic N) is 3. The normalized spacial score (nSPS) is 23.3. The van der Waals surface area contributed by atoms with E-state index in [0.717, 1.165) is 37.7 Å². The molecule has 0 aliphatic carbocycles.